The third-order valence-corrected chi connectivity index (χ3v) is 6.32. The fourth-order valence-electron chi connectivity index (χ4n) is 3.01. The molecular formula is C24H26N6O4S. The number of rotatable bonds is 9. The summed E-state index contributed by atoms with van der Waals surface area (Å²) in [5, 5.41) is 24.8. The highest BCUT2D eigenvalue weighted by molar-refractivity contribution is 7.99. The number of benzene rings is 2. The highest BCUT2D eigenvalue weighted by Crippen LogP contribution is 2.28. The molecule has 2 aromatic carbocycles. The van der Waals surface area contributed by atoms with Gasteiger partial charge < -0.3 is 20.5 Å². The van der Waals surface area contributed by atoms with E-state index in [9.17, 15) is 14.1 Å². The van der Waals surface area contributed by atoms with Gasteiger partial charge in [-0.05, 0) is 61.7 Å². The van der Waals surface area contributed by atoms with Gasteiger partial charge in [0.2, 0.25) is 5.95 Å². The molecule has 0 aliphatic rings. The van der Waals surface area contributed by atoms with Gasteiger partial charge in [0, 0.05) is 28.4 Å². The first-order chi connectivity index (χ1) is 16.7. The number of carbonyl (C=O) groups excluding carboxylic acids is 1. The number of nitrogens with one attached hydrogen (secondary N) is 3. The third-order valence-electron chi connectivity index (χ3n) is 4.79. The van der Waals surface area contributed by atoms with E-state index in [2.05, 4.69) is 37.3 Å². The van der Waals surface area contributed by atoms with Crippen LogP contribution in [0.4, 0.5) is 22.2 Å². The fourth-order valence-corrected chi connectivity index (χ4v) is 4.03. The van der Waals surface area contributed by atoms with Gasteiger partial charge in [-0.1, -0.05) is 12.1 Å². The molecule has 3 rings (SSSR count). The molecule has 1 heterocycles. The molecule has 2 atom stereocenters. The van der Waals surface area contributed by atoms with Crippen LogP contribution in [-0.2, 0) is 14.4 Å². The zero-order chi connectivity index (χ0) is 25.4. The monoisotopic (exact) mass is 494 g/mol. The van der Waals surface area contributed by atoms with Crippen molar-refractivity contribution in [2.24, 2.45) is 0 Å². The lowest BCUT2D eigenvalue weighted by atomic mass is 10.1. The van der Waals surface area contributed by atoms with Crippen LogP contribution in [-0.4, -0.2) is 50.5 Å². The van der Waals surface area contributed by atoms with Crippen LogP contribution < -0.4 is 15.4 Å². The van der Waals surface area contributed by atoms with E-state index in [1.807, 2.05) is 6.92 Å². The Kier molecular flexibility index (Phi) is 8.25. The molecule has 11 heteroatoms. The number of aromatic nitrogens is 2. The maximum absolute atomic E-state index is 12.7. The van der Waals surface area contributed by atoms with Gasteiger partial charge in [-0.25, -0.2) is 18.7 Å². The second kappa shape index (κ2) is 11.3. The molecule has 0 aliphatic carbocycles. The van der Waals surface area contributed by atoms with E-state index < -0.39 is 15.8 Å². The van der Waals surface area contributed by atoms with E-state index in [1.54, 1.807) is 61.7 Å². The first-order valence-electron chi connectivity index (χ1n) is 10.7. The Balaban J connectivity index is 1.84. The number of aliphatic hydroxyl groups is 1. The Labute approximate surface area is 204 Å². The zero-order valence-corrected chi connectivity index (χ0v) is 20.1. The lowest BCUT2D eigenvalue weighted by Gasteiger charge is -2.17. The summed E-state index contributed by atoms with van der Waals surface area (Å²) in [7, 11) is -3.07. The summed E-state index contributed by atoms with van der Waals surface area (Å²) in [5.41, 5.74) is 2.68. The molecule has 182 valence electrons. The Hall–Kier alpha value is -4.14. The van der Waals surface area contributed by atoms with Gasteiger partial charge >= 0.3 is 6.09 Å². The second-order valence-corrected chi connectivity index (χ2v) is 9.55. The molecular weight excluding hydrogens is 468 g/mol. The summed E-state index contributed by atoms with van der Waals surface area (Å²) in [4.78, 5) is 20.9. The van der Waals surface area contributed by atoms with Gasteiger partial charge in [-0.2, -0.15) is 10.2 Å². The fraction of sp³-hybridized carbons (Fsp3) is 0.208. The summed E-state index contributed by atoms with van der Waals surface area (Å²) in [6, 6.07) is 15.3. The van der Waals surface area contributed by atoms with Crippen molar-refractivity contribution in [3.05, 3.63) is 60.3 Å². The van der Waals surface area contributed by atoms with Gasteiger partial charge in [-0.3, -0.25) is 0 Å². The predicted octanol–water partition coefficient (Wildman–Crippen LogP) is 3.29. The van der Waals surface area contributed by atoms with Crippen LogP contribution in [0.2, 0.25) is 0 Å². The maximum atomic E-state index is 12.7. The Morgan fingerprint density at radius 2 is 1.91 bits per heavy atom. The molecule has 1 unspecified atom stereocenters. The Morgan fingerprint density at radius 1 is 1.23 bits per heavy atom. The van der Waals surface area contributed by atoms with Gasteiger partial charge in [0.25, 0.3) is 0 Å². The molecule has 0 aliphatic heterocycles. The molecule has 0 saturated carbocycles. The maximum Gasteiger partial charge on any atom is 0.418 e. The van der Waals surface area contributed by atoms with Crippen LogP contribution >= 0.6 is 0 Å². The average Bonchev–Trinajstić information content (AvgIpc) is 2.84. The average molecular weight is 495 g/mol. The van der Waals surface area contributed by atoms with Gasteiger partial charge in [0.05, 0.1) is 34.6 Å². The van der Waals surface area contributed by atoms with Crippen molar-refractivity contribution in [2.75, 3.05) is 23.8 Å². The van der Waals surface area contributed by atoms with Gasteiger partial charge in [-0.15, -0.1) is 0 Å². The molecule has 35 heavy (non-hydrogen) atoms. The normalized spacial score (nSPS) is 13.1. The molecule has 0 spiro atoms. The minimum Gasteiger partial charge on any atom is -0.449 e. The lowest BCUT2D eigenvalue weighted by Crippen LogP contribution is -2.30. The van der Waals surface area contributed by atoms with Crippen molar-refractivity contribution >= 4 is 39.1 Å². The first kappa shape index (κ1) is 25.5. The first-order valence-corrected chi connectivity index (χ1v) is 12.4. The standard InChI is InChI=1S/C24H26N6O4S/c1-4-34-24(32)30-35(3,33)20-11-9-19(10-12-20)28-23-26-14-21(22(29-23)27-16(2)15-31)18-7-5-17(13-25)6-8-18/h5-12,14,16,31H,3-4,15H2,1-2H3,(H,30,32,33)(H2,26,27,28,29)/t16-,35?/m1/s1. The number of aliphatic hydroxyl groups excluding tert-OH is 1. The number of anilines is 3. The molecule has 4 N–H and O–H groups in total. The molecule has 1 amide bonds. The van der Waals surface area contributed by atoms with Crippen molar-refractivity contribution in [3.8, 4) is 17.2 Å². The predicted molar refractivity (Wildman–Crippen MR) is 136 cm³/mol. The van der Waals surface area contributed by atoms with Crippen LogP contribution in [0.1, 0.15) is 19.4 Å². The SMILES string of the molecule is C=S(=O)(NC(=O)OCC)c1ccc(Nc2ncc(-c3ccc(C#N)cc3)c(N[C@H](C)CO)n2)cc1. The van der Waals surface area contributed by atoms with Crippen molar-refractivity contribution in [3.63, 3.8) is 0 Å². The summed E-state index contributed by atoms with van der Waals surface area (Å²) in [5.74, 6) is 4.40. The largest absolute Gasteiger partial charge is 0.449 e. The molecule has 0 radical (unpaired) electrons. The minimum absolute atomic E-state index is 0.0921. The highest BCUT2D eigenvalue weighted by Gasteiger charge is 2.14. The number of amides is 1. The highest BCUT2D eigenvalue weighted by atomic mass is 32.2. The minimum atomic E-state index is -3.07. The van der Waals surface area contributed by atoms with Crippen LogP contribution in [0.5, 0.6) is 0 Å². The second-order valence-electron chi connectivity index (χ2n) is 7.52. The Bertz CT molecular complexity index is 1320. The van der Waals surface area contributed by atoms with E-state index in [0.29, 0.717) is 33.5 Å². The van der Waals surface area contributed by atoms with Crippen molar-refractivity contribution < 1.29 is 18.8 Å². The zero-order valence-electron chi connectivity index (χ0n) is 19.3. The van der Waals surface area contributed by atoms with Crippen molar-refractivity contribution in [1.82, 2.24) is 14.7 Å². The molecule has 1 aromatic heterocycles. The van der Waals surface area contributed by atoms with E-state index >= 15 is 0 Å². The molecule has 0 saturated heterocycles. The topological polar surface area (TPSA) is 149 Å². The molecule has 3 aromatic rings. The van der Waals surface area contributed by atoms with E-state index in [1.165, 1.54) is 0 Å². The van der Waals surface area contributed by atoms with Crippen molar-refractivity contribution in [2.45, 2.75) is 24.8 Å². The number of nitriles is 1. The quantitative estimate of drug-likeness (QED) is 0.329. The Morgan fingerprint density at radius 3 is 2.51 bits per heavy atom. The lowest BCUT2D eigenvalue weighted by molar-refractivity contribution is 0.159. The van der Waals surface area contributed by atoms with Crippen LogP contribution in [0.25, 0.3) is 11.1 Å². The van der Waals surface area contributed by atoms with Crippen LogP contribution in [0.15, 0.2) is 59.6 Å². The summed E-state index contributed by atoms with van der Waals surface area (Å²) < 4.78 is 19.8. The number of carbonyl (C=O) groups is 1. The van der Waals surface area contributed by atoms with E-state index in [4.69, 9.17) is 10.00 Å². The smallest absolute Gasteiger partial charge is 0.418 e. The molecule has 0 fully saturated rings. The summed E-state index contributed by atoms with van der Waals surface area (Å²) in [6.07, 6.45) is 0.839. The number of hydrogen-bond donors (Lipinski definition) is 4. The van der Waals surface area contributed by atoms with Crippen molar-refractivity contribution in [1.29, 1.82) is 5.26 Å². The number of ether oxygens (including phenoxy) is 1. The molecule has 0 bridgehead atoms. The summed E-state index contributed by atoms with van der Waals surface area (Å²) >= 11 is 0. The van der Waals surface area contributed by atoms with Gasteiger partial charge in [0.1, 0.15) is 5.82 Å². The van der Waals surface area contributed by atoms with Gasteiger partial charge in [0.15, 0.2) is 0 Å². The summed E-state index contributed by atoms with van der Waals surface area (Å²) in [6.45, 7) is 3.53. The van der Waals surface area contributed by atoms with Crippen LogP contribution in [0.3, 0.4) is 0 Å². The van der Waals surface area contributed by atoms with E-state index in [-0.39, 0.29) is 19.3 Å². The van der Waals surface area contributed by atoms with E-state index in [0.717, 1.165) is 5.56 Å². The van der Waals surface area contributed by atoms with Crippen LogP contribution in [0, 0.1) is 11.3 Å². The number of nitrogens with zero attached hydrogens (tertiary/aromatic N) is 3. The molecule has 10 nitrogen and oxygen atoms in total. The third kappa shape index (κ3) is 6.69. The number of hydrogen-bond acceptors (Lipinski definition) is 9.